The summed E-state index contributed by atoms with van der Waals surface area (Å²) in [5, 5.41) is 9.93. The Morgan fingerprint density at radius 1 is 1.27 bits per heavy atom. The van der Waals surface area contributed by atoms with Crippen LogP contribution in [0.1, 0.15) is 28.0 Å². The Bertz CT molecular complexity index is 891. The molecule has 3 aromatic rings. The Labute approximate surface area is 154 Å². The van der Waals surface area contributed by atoms with Gasteiger partial charge in [-0.1, -0.05) is 0 Å². The standard InChI is InChI=1S/C17H19N7OS/c1-10-2-3-14(26-10)12-8-13(22-21-12)17(25)19-9-15-20-16(24-23-15)11-4-6-18-7-5-11/h2-7,12-13,21-22H,8-9H2,1H3,(H,19,25)(H,20,23,24). The summed E-state index contributed by atoms with van der Waals surface area (Å²) < 4.78 is 0. The molecule has 2 unspecified atom stereocenters. The molecule has 4 heterocycles. The largest absolute Gasteiger partial charge is 0.347 e. The lowest BCUT2D eigenvalue weighted by Gasteiger charge is -2.09. The molecule has 1 aliphatic heterocycles. The molecule has 134 valence electrons. The number of hydrazine groups is 1. The molecule has 1 aliphatic rings. The van der Waals surface area contributed by atoms with Crippen LogP contribution in [-0.2, 0) is 11.3 Å². The fourth-order valence-corrected chi connectivity index (χ4v) is 3.80. The van der Waals surface area contributed by atoms with Gasteiger partial charge in [-0.05, 0) is 37.6 Å². The van der Waals surface area contributed by atoms with Crippen LogP contribution < -0.4 is 16.2 Å². The van der Waals surface area contributed by atoms with Gasteiger partial charge in [-0.15, -0.1) is 11.3 Å². The number of pyridine rings is 1. The average Bonchev–Trinajstić information content (AvgIpc) is 3.40. The molecule has 2 atom stereocenters. The molecule has 1 saturated heterocycles. The molecule has 4 rings (SSSR count). The second-order valence-electron chi connectivity index (χ2n) is 6.14. The smallest absolute Gasteiger partial charge is 0.238 e. The van der Waals surface area contributed by atoms with Crippen molar-refractivity contribution in [3.63, 3.8) is 0 Å². The Morgan fingerprint density at radius 3 is 2.88 bits per heavy atom. The third-order valence-corrected chi connectivity index (χ3v) is 5.34. The van der Waals surface area contributed by atoms with Gasteiger partial charge in [0.25, 0.3) is 0 Å². The minimum Gasteiger partial charge on any atom is -0.347 e. The molecule has 0 aliphatic carbocycles. The van der Waals surface area contributed by atoms with E-state index >= 15 is 0 Å². The van der Waals surface area contributed by atoms with Gasteiger partial charge in [0.1, 0.15) is 11.9 Å². The number of rotatable bonds is 5. The van der Waals surface area contributed by atoms with Crippen LogP contribution in [-0.4, -0.2) is 32.1 Å². The lowest BCUT2D eigenvalue weighted by Crippen LogP contribution is -2.43. The Kier molecular flexibility index (Phi) is 4.74. The van der Waals surface area contributed by atoms with Crippen LogP contribution in [0, 0.1) is 6.92 Å². The summed E-state index contributed by atoms with van der Waals surface area (Å²) in [5.41, 5.74) is 7.15. The van der Waals surface area contributed by atoms with Gasteiger partial charge in [0.2, 0.25) is 5.91 Å². The first kappa shape index (κ1) is 16.8. The van der Waals surface area contributed by atoms with E-state index in [9.17, 15) is 4.79 Å². The van der Waals surface area contributed by atoms with Gasteiger partial charge in [0.15, 0.2) is 5.82 Å². The molecule has 4 N–H and O–H groups in total. The van der Waals surface area contributed by atoms with Gasteiger partial charge in [0, 0.05) is 27.7 Å². The minimum absolute atomic E-state index is 0.0601. The number of carbonyl (C=O) groups is 1. The number of aromatic nitrogens is 4. The van der Waals surface area contributed by atoms with Crippen LogP contribution in [0.15, 0.2) is 36.7 Å². The Hall–Kier alpha value is -2.62. The molecule has 0 bridgehead atoms. The highest BCUT2D eigenvalue weighted by atomic mass is 32.1. The van der Waals surface area contributed by atoms with Crippen molar-refractivity contribution in [3.05, 3.63) is 52.2 Å². The number of aromatic amines is 1. The molecule has 9 heteroatoms. The predicted octanol–water partition coefficient (Wildman–Crippen LogP) is 1.46. The maximum absolute atomic E-state index is 12.4. The van der Waals surface area contributed by atoms with Crippen molar-refractivity contribution in [2.45, 2.75) is 32.0 Å². The molecular formula is C17H19N7OS. The van der Waals surface area contributed by atoms with Crippen LogP contribution in [0.5, 0.6) is 0 Å². The normalized spacial score (nSPS) is 19.6. The van der Waals surface area contributed by atoms with Gasteiger partial charge >= 0.3 is 0 Å². The SMILES string of the molecule is Cc1ccc(C2CC(C(=O)NCc3nc(-c4ccncc4)n[nH]3)NN2)s1. The van der Waals surface area contributed by atoms with Gasteiger partial charge < -0.3 is 5.32 Å². The van der Waals surface area contributed by atoms with Gasteiger partial charge in [-0.25, -0.2) is 15.8 Å². The van der Waals surface area contributed by atoms with Crippen LogP contribution >= 0.6 is 11.3 Å². The van der Waals surface area contributed by atoms with Crippen molar-refractivity contribution in [3.8, 4) is 11.4 Å². The monoisotopic (exact) mass is 369 g/mol. The van der Waals surface area contributed by atoms with E-state index in [0.29, 0.717) is 24.6 Å². The van der Waals surface area contributed by atoms with Crippen molar-refractivity contribution in [2.75, 3.05) is 0 Å². The minimum atomic E-state index is -0.273. The number of carbonyl (C=O) groups excluding carboxylic acids is 1. The third kappa shape index (κ3) is 3.64. The average molecular weight is 369 g/mol. The number of amides is 1. The van der Waals surface area contributed by atoms with Crippen LogP contribution in [0.25, 0.3) is 11.4 Å². The summed E-state index contributed by atoms with van der Waals surface area (Å²) in [6.07, 6.45) is 4.10. The first-order valence-electron chi connectivity index (χ1n) is 8.36. The van der Waals surface area contributed by atoms with E-state index in [0.717, 1.165) is 5.56 Å². The molecule has 3 aromatic heterocycles. The maximum atomic E-state index is 12.4. The van der Waals surface area contributed by atoms with Crippen LogP contribution in [0.4, 0.5) is 0 Å². The zero-order valence-electron chi connectivity index (χ0n) is 14.2. The molecular weight excluding hydrogens is 350 g/mol. The number of aryl methyl sites for hydroxylation is 1. The van der Waals surface area contributed by atoms with Crippen molar-refractivity contribution >= 4 is 17.2 Å². The lowest BCUT2D eigenvalue weighted by molar-refractivity contribution is -0.123. The first-order valence-corrected chi connectivity index (χ1v) is 9.17. The zero-order chi connectivity index (χ0) is 17.9. The van der Waals surface area contributed by atoms with E-state index in [1.807, 2.05) is 12.1 Å². The highest BCUT2D eigenvalue weighted by Gasteiger charge is 2.30. The Balaban J connectivity index is 1.31. The number of nitrogens with one attached hydrogen (secondary N) is 4. The number of hydrogen-bond donors (Lipinski definition) is 4. The summed E-state index contributed by atoms with van der Waals surface area (Å²) in [7, 11) is 0. The number of H-pyrrole nitrogens is 1. The molecule has 0 saturated carbocycles. The molecule has 0 spiro atoms. The van der Waals surface area contributed by atoms with E-state index in [1.165, 1.54) is 9.75 Å². The second-order valence-corrected chi connectivity index (χ2v) is 7.46. The van der Waals surface area contributed by atoms with E-state index in [2.05, 4.69) is 55.4 Å². The molecule has 1 amide bonds. The predicted molar refractivity (Wildman–Crippen MR) is 97.9 cm³/mol. The second kappa shape index (κ2) is 7.32. The van der Waals surface area contributed by atoms with Crippen LogP contribution in [0.3, 0.4) is 0 Å². The summed E-state index contributed by atoms with van der Waals surface area (Å²) in [5.74, 6) is 1.14. The zero-order valence-corrected chi connectivity index (χ0v) is 15.0. The highest BCUT2D eigenvalue weighted by molar-refractivity contribution is 7.12. The third-order valence-electron chi connectivity index (χ3n) is 4.22. The van der Waals surface area contributed by atoms with Crippen LogP contribution in [0.2, 0.25) is 0 Å². The highest BCUT2D eigenvalue weighted by Crippen LogP contribution is 2.28. The van der Waals surface area contributed by atoms with E-state index in [1.54, 1.807) is 23.7 Å². The number of nitrogens with zero attached hydrogens (tertiary/aromatic N) is 3. The molecule has 0 radical (unpaired) electrons. The number of hydrogen-bond acceptors (Lipinski definition) is 7. The van der Waals surface area contributed by atoms with Gasteiger partial charge in [-0.3, -0.25) is 14.9 Å². The first-order chi connectivity index (χ1) is 12.7. The summed E-state index contributed by atoms with van der Waals surface area (Å²) in [6, 6.07) is 7.77. The lowest BCUT2D eigenvalue weighted by atomic mass is 10.1. The van der Waals surface area contributed by atoms with Crippen molar-refractivity contribution < 1.29 is 4.79 Å². The van der Waals surface area contributed by atoms with Gasteiger partial charge in [-0.2, -0.15) is 5.10 Å². The summed E-state index contributed by atoms with van der Waals surface area (Å²) in [4.78, 5) is 23.3. The number of thiophene rings is 1. The van der Waals surface area contributed by atoms with E-state index in [-0.39, 0.29) is 18.0 Å². The Morgan fingerprint density at radius 2 is 2.12 bits per heavy atom. The van der Waals surface area contributed by atoms with Gasteiger partial charge in [0.05, 0.1) is 12.6 Å². The maximum Gasteiger partial charge on any atom is 0.238 e. The van der Waals surface area contributed by atoms with Crippen molar-refractivity contribution in [1.82, 2.24) is 36.3 Å². The van der Waals surface area contributed by atoms with E-state index < -0.39 is 0 Å². The fourth-order valence-electron chi connectivity index (χ4n) is 2.85. The molecule has 1 fully saturated rings. The summed E-state index contributed by atoms with van der Waals surface area (Å²) in [6.45, 7) is 2.39. The molecule has 0 aromatic carbocycles. The molecule has 8 nitrogen and oxygen atoms in total. The summed E-state index contributed by atoms with van der Waals surface area (Å²) >= 11 is 1.75. The quantitative estimate of drug-likeness (QED) is 0.542. The van der Waals surface area contributed by atoms with Crippen molar-refractivity contribution in [1.29, 1.82) is 0 Å². The fraction of sp³-hybridized carbons (Fsp3) is 0.294. The topological polar surface area (TPSA) is 108 Å². The molecule has 26 heavy (non-hydrogen) atoms. The van der Waals surface area contributed by atoms with E-state index in [4.69, 9.17) is 0 Å². The van der Waals surface area contributed by atoms with Crippen molar-refractivity contribution in [2.24, 2.45) is 0 Å².